The average molecular weight is 168 g/mol. The number of H-pyrrole nitrogens is 1. The molecule has 0 aliphatic heterocycles. The van der Waals surface area contributed by atoms with E-state index in [1.54, 1.807) is 0 Å². The Labute approximate surface area is 72.5 Å². The number of nitrogens with zero attached hydrogens (tertiary/aromatic N) is 1. The summed E-state index contributed by atoms with van der Waals surface area (Å²) < 4.78 is 0. The van der Waals surface area contributed by atoms with E-state index in [4.69, 9.17) is 11.5 Å². The van der Waals surface area contributed by atoms with Gasteiger partial charge in [-0.15, -0.1) is 0 Å². The highest BCUT2D eigenvalue weighted by atomic mass is 15.2. The lowest BCUT2D eigenvalue weighted by molar-refractivity contribution is 0.665. The van der Waals surface area contributed by atoms with Crippen LogP contribution in [0.5, 0.6) is 0 Å². The third-order valence-corrected chi connectivity index (χ3v) is 1.80. The van der Waals surface area contributed by atoms with E-state index in [1.807, 2.05) is 25.4 Å². The van der Waals surface area contributed by atoms with Crippen molar-refractivity contribution in [1.82, 2.24) is 4.98 Å². The van der Waals surface area contributed by atoms with Gasteiger partial charge in [-0.2, -0.15) is 0 Å². The largest absolute Gasteiger partial charge is 0.360 e. The van der Waals surface area contributed by atoms with Crippen LogP contribution in [-0.2, 0) is 0 Å². The molecule has 0 bridgehead atoms. The predicted octanol–water partition coefficient (Wildman–Crippen LogP) is -0.263. The Morgan fingerprint density at radius 2 is 2.42 bits per heavy atom. The summed E-state index contributed by atoms with van der Waals surface area (Å²) in [6.07, 6.45) is 1.89. The number of nitrogens with two attached hydrogens (primary N) is 2. The van der Waals surface area contributed by atoms with Gasteiger partial charge in [-0.25, -0.2) is 0 Å². The maximum atomic E-state index is 5.70. The van der Waals surface area contributed by atoms with Gasteiger partial charge in [0.1, 0.15) is 5.82 Å². The number of rotatable bonds is 4. The zero-order valence-electron chi connectivity index (χ0n) is 7.33. The van der Waals surface area contributed by atoms with Crippen LogP contribution in [0, 0.1) is 0 Å². The standard InChI is InChI=1S/C8H16N4/c1-12(6-7(10)5-9)8-3-2-4-11-8/h2-4,7,11H,5-6,9-10H2,1H3. The van der Waals surface area contributed by atoms with E-state index in [2.05, 4.69) is 9.88 Å². The fourth-order valence-electron chi connectivity index (χ4n) is 1.08. The van der Waals surface area contributed by atoms with E-state index < -0.39 is 0 Å². The third-order valence-electron chi connectivity index (χ3n) is 1.80. The highest BCUT2D eigenvalue weighted by Gasteiger charge is 2.05. The van der Waals surface area contributed by atoms with Crippen LogP contribution in [0.25, 0.3) is 0 Å². The number of likely N-dealkylation sites (N-methyl/N-ethyl adjacent to an activating group) is 1. The molecule has 1 aromatic heterocycles. The molecule has 1 aromatic rings. The third kappa shape index (κ3) is 2.25. The van der Waals surface area contributed by atoms with Crippen molar-refractivity contribution in [3.8, 4) is 0 Å². The number of hydrogen-bond donors (Lipinski definition) is 3. The summed E-state index contributed by atoms with van der Waals surface area (Å²) in [5.41, 5.74) is 11.1. The molecule has 68 valence electrons. The lowest BCUT2D eigenvalue weighted by Crippen LogP contribution is -2.40. The van der Waals surface area contributed by atoms with E-state index in [1.165, 1.54) is 0 Å². The van der Waals surface area contributed by atoms with Crippen LogP contribution in [-0.4, -0.2) is 31.2 Å². The van der Waals surface area contributed by atoms with E-state index in [0.717, 1.165) is 12.4 Å². The Morgan fingerprint density at radius 1 is 1.67 bits per heavy atom. The number of hydrogen-bond acceptors (Lipinski definition) is 3. The van der Waals surface area contributed by atoms with Gasteiger partial charge in [-0.05, 0) is 12.1 Å². The molecule has 0 radical (unpaired) electrons. The Bertz CT molecular complexity index is 207. The fourth-order valence-corrected chi connectivity index (χ4v) is 1.08. The minimum absolute atomic E-state index is 0.0401. The molecule has 0 saturated heterocycles. The summed E-state index contributed by atoms with van der Waals surface area (Å²) in [4.78, 5) is 5.15. The van der Waals surface area contributed by atoms with Crippen molar-refractivity contribution in [2.24, 2.45) is 11.5 Å². The lowest BCUT2D eigenvalue weighted by atomic mass is 10.3. The molecule has 4 heteroatoms. The maximum Gasteiger partial charge on any atom is 0.105 e. The smallest absolute Gasteiger partial charge is 0.105 e. The Kier molecular flexibility index (Phi) is 3.13. The van der Waals surface area contributed by atoms with Crippen LogP contribution >= 0.6 is 0 Å². The van der Waals surface area contributed by atoms with E-state index in [-0.39, 0.29) is 6.04 Å². The Morgan fingerprint density at radius 3 is 2.92 bits per heavy atom. The second kappa shape index (κ2) is 4.13. The Hall–Kier alpha value is -1.00. The van der Waals surface area contributed by atoms with Crippen molar-refractivity contribution < 1.29 is 0 Å². The fraction of sp³-hybridized carbons (Fsp3) is 0.500. The molecular formula is C8H16N4. The van der Waals surface area contributed by atoms with Gasteiger partial charge in [-0.1, -0.05) is 0 Å². The second-order valence-corrected chi connectivity index (χ2v) is 2.93. The molecule has 1 heterocycles. The molecule has 0 spiro atoms. The molecule has 12 heavy (non-hydrogen) atoms. The molecule has 1 rings (SSSR count). The van der Waals surface area contributed by atoms with Crippen LogP contribution in [0.3, 0.4) is 0 Å². The normalized spacial score (nSPS) is 12.9. The molecule has 5 N–H and O–H groups in total. The minimum atomic E-state index is 0.0401. The van der Waals surface area contributed by atoms with Crippen LogP contribution in [0.1, 0.15) is 0 Å². The quantitative estimate of drug-likeness (QED) is 0.580. The molecule has 0 aliphatic rings. The van der Waals surface area contributed by atoms with Crippen molar-refractivity contribution in [2.75, 3.05) is 25.0 Å². The molecule has 0 aliphatic carbocycles. The van der Waals surface area contributed by atoms with Gasteiger partial charge >= 0.3 is 0 Å². The SMILES string of the molecule is CN(CC(N)CN)c1ccc[nH]1. The number of anilines is 1. The summed E-state index contributed by atoms with van der Waals surface area (Å²) >= 11 is 0. The van der Waals surface area contributed by atoms with Gasteiger partial charge in [0.25, 0.3) is 0 Å². The maximum absolute atomic E-state index is 5.70. The summed E-state index contributed by atoms with van der Waals surface area (Å²) in [5, 5.41) is 0. The van der Waals surface area contributed by atoms with Gasteiger partial charge in [0.2, 0.25) is 0 Å². The first-order chi connectivity index (χ1) is 5.74. The molecule has 0 saturated carbocycles. The van der Waals surface area contributed by atoms with E-state index in [0.29, 0.717) is 6.54 Å². The van der Waals surface area contributed by atoms with Gasteiger partial charge < -0.3 is 21.4 Å². The van der Waals surface area contributed by atoms with Crippen molar-refractivity contribution in [3.63, 3.8) is 0 Å². The first-order valence-electron chi connectivity index (χ1n) is 4.04. The van der Waals surface area contributed by atoms with Crippen molar-refractivity contribution in [2.45, 2.75) is 6.04 Å². The van der Waals surface area contributed by atoms with Crippen molar-refractivity contribution >= 4 is 5.82 Å². The molecule has 4 nitrogen and oxygen atoms in total. The van der Waals surface area contributed by atoms with Crippen LogP contribution in [0.4, 0.5) is 5.82 Å². The average Bonchev–Trinajstić information content (AvgIpc) is 2.56. The summed E-state index contributed by atoms with van der Waals surface area (Å²) in [5.74, 6) is 1.07. The zero-order valence-corrected chi connectivity index (χ0v) is 7.33. The molecule has 1 unspecified atom stereocenters. The number of nitrogens with one attached hydrogen (secondary N) is 1. The van der Waals surface area contributed by atoms with E-state index >= 15 is 0 Å². The first kappa shape index (κ1) is 9.09. The molecule has 0 fully saturated rings. The highest BCUT2D eigenvalue weighted by molar-refractivity contribution is 5.37. The van der Waals surface area contributed by atoms with Crippen molar-refractivity contribution in [1.29, 1.82) is 0 Å². The summed E-state index contributed by atoms with van der Waals surface area (Å²) in [6.45, 7) is 1.29. The van der Waals surface area contributed by atoms with E-state index in [9.17, 15) is 0 Å². The highest BCUT2D eigenvalue weighted by Crippen LogP contribution is 2.06. The lowest BCUT2D eigenvalue weighted by Gasteiger charge is -2.20. The van der Waals surface area contributed by atoms with Gasteiger partial charge in [-0.3, -0.25) is 0 Å². The Balaban J connectivity index is 2.44. The molecular weight excluding hydrogens is 152 g/mol. The topological polar surface area (TPSA) is 71.1 Å². The van der Waals surface area contributed by atoms with Gasteiger partial charge in [0.05, 0.1) is 0 Å². The summed E-state index contributed by atoms with van der Waals surface area (Å²) in [6, 6.07) is 4.00. The van der Waals surface area contributed by atoms with Crippen LogP contribution < -0.4 is 16.4 Å². The molecule has 1 atom stereocenters. The van der Waals surface area contributed by atoms with Crippen molar-refractivity contribution in [3.05, 3.63) is 18.3 Å². The minimum Gasteiger partial charge on any atom is -0.360 e. The number of aromatic nitrogens is 1. The predicted molar refractivity (Wildman–Crippen MR) is 51.1 cm³/mol. The van der Waals surface area contributed by atoms with Crippen LogP contribution in [0.15, 0.2) is 18.3 Å². The van der Waals surface area contributed by atoms with Gasteiger partial charge in [0.15, 0.2) is 0 Å². The first-order valence-corrected chi connectivity index (χ1v) is 4.04. The number of aromatic amines is 1. The molecule has 0 amide bonds. The van der Waals surface area contributed by atoms with Gasteiger partial charge in [0, 0.05) is 32.4 Å². The second-order valence-electron chi connectivity index (χ2n) is 2.93. The van der Waals surface area contributed by atoms with Crippen LogP contribution in [0.2, 0.25) is 0 Å². The monoisotopic (exact) mass is 168 g/mol. The summed E-state index contributed by atoms with van der Waals surface area (Å²) in [7, 11) is 1.99. The molecule has 0 aromatic carbocycles. The zero-order chi connectivity index (χ0) is 8.97.